The molecule has 0 unspecified atom stereocenters. The normalized spacial score (nSPS) is 18.3. The van der Waals surface area contributed by atoms with Crippen molar-refractivity contribution >= 4 is 23.5 Å². The minimum absolute atomic E-state index is 0.0680. The number of rotatable bonds is 3. The second-order valence-corrected chi connectivity index (χ2v) is 6.34. The number of carbonyl (C=O) groups is 3. The predicted molar refractivity (Wildman–Crippen MR) is 88.4 cm³/mol. The van der Waals surface area contributed by atoms with E-state index >= 15 is 0 Å². The summed E-state index contributed by atoms with van der Waals surface area (Å²) in [5.74, 6) is -1.44. The van der Waals surface area contributed by atoms with Gasteiger partial charge in [0.1, 0.15) is 0 Å². The van der Waals surface area contributed by atoms with Crippen LogP contribution in [0.4, 0.5) is 23.7 Å². The van der Waals surface area contributed by atoms with Crippen LogP contribution in [0, 0.1) is 0 Å². The second-order valence-electron chi connectivity index (χ2n) is 6.34. The zero-order valence-corrected chi connectivity index (χ0v) is 14.3. The average molecular weight is 385 g/mol. The minimum atomic E-state index is -4.96. The van der Waals surface area contributed by atoms with Gasteiger partial charge in [-0.3, -0.25) is 19.8 Å². The molecule has 0 radical (unpaired) electrons. The van der Waals surface area contributed by atoms with Crippen molar-refractivity contribution in [1.29, 1.82) is 0 Å². The highest BCUT2D eigenvalue weighted by molar-refractivity contribution is 6.07. The lowest BCUT2D eigenvalue weighted by Gasteiger charge is -2.30. The van der Waals surface area contributed by atoms with Crippen molar-refractivity contribution in [1.82, 2.24) is 10.2 Å². The highest BCUT2D eigenvalue weighted by Crippen LogP contribution is 2.35. The molecular formula is C17H18F3N3O4. The van der Waals surface area contributed by atoms with Gasteiger partial charge in [0.15, 0.2) is 5.75 Å². The Morgan fingerprint density at radius 3 is 2.41 bits per heavy atom. The molecule has 7 nitrogen and oxygen atoms in total. The van der Waals surface area contributed by atoms with Crippen LogP contribution in [0.5, 0.6) is 5.75 Å². The molecule has 1 aromatic rings. The lowest BCUT2D eigenvalue weighted by Crippen LogP contribution is -2.49. The Morgan fingerprint density at radius 1 is 1.07 bits per heavy atom. The van der Waals surface area contributed by atoms with E-state index in [0.29, 0.717) is 13.1 Å². The van der Waals surface area contributed by atoms with Crippen LogP contribution in [0.15, 0.2) is 18.2 Å². The van der Waals surface area contributed by atoms with E-state index in [1.165, 1.54) is 12.1 Å². The molecule has 1 aromatic carbocycles. The molecule has 2 aliphatic heterocycles. The number of hydrogen-bond donors (Lipinski definition) is 1. The third-order valence-electron chi connectivity index (χ3n) is 4.42. The van der Waals surface area contributed by atoms with E-state index in [2.05, 4.69) is 4.74 Å². The Hall–Kier alpha value is -2.78. The van der Waals surface area contributed by atoms with E-state index in [-0.39, 0.29) is 30.1 Å². The summed E-state index contributed by atoms with van der Waals surface area (Å²) in [6.07, 6.45) is -2.28. The highest BCUT2D eigenvalue weighted by atomic mass is 19.4. The molecule has 10 heteroatoms. The maximum absolute atomic E-state index is 12.7. The molecule has 0 aromatic heterocycles. The molecule has 0 saturated carbocycles. The molecule has 0 spiro atoms. The van der Waals surface area contributed by atoms with Crippen molar-refractivity contribution in [2.45, 2.75) is 32.0 Å². The van der Waals surface area contributed by atoms with Gasteiger partial charge in [0, 0.05) is 31.6 Å². The number of urea groups is 1. The van der Waals surface area contributed by atoms with Crippen LogP contribution in [0.1, 0.15) is 36.0 Å². The van der Waals surface area contributed by atoms with E-state index in [4.69, 9.17) is 0 Å². The predicted octanol–water partition coefficient (Wildman–Crippen LogP) is 2.66. The number of nitrogens with zero attached hydrogens (tertiary/aromatic N) is 2. The van der Waals surface area contributed by atoms with Crippen molar-refractivity contribution in [3.05, 3.63) is 23.8 Å². The zero-order valence-electron chi connectivity index (χ0n) is 14.3. The van der Waals surface area contributed by atoms with Crippen LogP contribution in [0.2, 0.25) is 0 Å². The third kappa shape index (κ3) is 4.50. The maximum atomic E-state index is 12.7. The number of benzene rings is 1. The van der Waals surface area contributed by atoms with Crippen molar-refractivity contribution < 1.29 is 32.3 Å². The number of hydrogen-bond acceptors (Lipinski definition) is 4. The Balaban J connectivity index is 1.94. The van der Waals surface area contributed by atoms with Gasteiger partial charge in [-0.1, -0.05) is 0 Å². The summed E-state index contributed by atoms with van der Waals surface area (Å²) in [6, 6.07) is 2.60. The van der Waals surface area contributed by atoms with E-state index in [1.807, 2.05) is 5.32 Å². The fraction of sp³-hybridized carbons (Fsp3) is 0.471. The van der Waals surface area contributed by atoms with Gasteiger partial charge in [-0.2, -0.15) is 0 Å². The van der Waals surface area contributed by atoms with Gasteiger partial charge < -0.3 is 9.64 Å². The number of amides is 4. The number of likely N-dealkylation sites (tertiary alicyclic amines) is 1. The Kier molecular flexibility index (Phi) is 5.24. The molecule has 2 heterocycles. The summed E-state index contributed by atoms with van der Waals surface area (Å²) < 4.78 is 42.2. The number of carbonyl (C=O) groups excluding carboxylic acids is 3. The van der Waals surface area contributed by atoms with Crippen LogP contribution in [-0.4, -0.2) is 48.7 Å². The minimum Gasteiger partial charge on any atom is -0.404 e. The van der Waals surface area contributed by atoms with E-state index in [0.717, 1.165) is 30.2 Å². The fourth-order valence-corrected chi connectivity index (χ4v) is 3.15. The SMILES string of the molecule is O=C1CCN(c2cc(C(=O)N3CCCCC3)ccc2OC(F)(F)F)C(=O)N1. The first-order chi connectivity index (χ1) is 12.7. The lowest BCUT2D eigenvalue weighted by atomic mass is 10.1. The molecule has 0 aliphatic carbocycles. The van der Waals surface area contributed by atoms with Gasteiger partial charge >= 0.3 is 12.4 Å². The lowest BCUT2D eigenvalue weighted by molar-refractivity contribution is -0.274. The summed E-state index contributed by atoms with van der Waals surface area (Å²) in [6.45, 7) is 1.04. The molecule has 2 fully saturated rings. The standard InChI is InChI=1S/C17H18F3N3O4/c18-17(19,20)27-13-5-4-11(15(25)22-7-2-1-3-8-22)10-12(13)23-9-6-14(24)21-16(23)26/h4-5,10H,1-3,6-9H2,(H,21,24,26). The Bertz CT molecular complexity index is 760. The molecule has 27 heavy (non-hydrogen) atoms. The first-order valence-corrected chi connectivity index (χ1v) is 8.55. The molecular weight excluding hydrogens is 367 g/mol. The summed E-state index contributed by atoms with van der Waals surface area (Å²) in [5, 5.41) is 2.05. The smallest absolute Gasteiger partial charge is 0.404 e. The quantitative estimate of drug-likeness (QED) is 0.868. The largest absolute Gasteiger partial charge is 0.573 e. The van der Waals surface area contributed by atoms with Crippen molar-refractivity contribution in [3.63, 3.8) is 0 Å². The van der Waals surface area contributed by atoms with E-state index in [1.54, 1.807) is 4.90 Å². The molecule has 0 bridgehead atoms. The summed E-state index contributed by atoms with van der Waals surface area (Å²) in [5.41, 5.74) is -0.0497. The van der Waals surface area contributed by atoms with Crippen molar-refractivity contribution in [2.75, 3.05) is 24.5 Å². The van der Waals surface area contributed by atoms with Gasteiger partial charge in [-0.25, -0.2) is 4.79 Å². The first kappa shape index (κ1) is 19.0. The van der Waals surface area contributed by atoms with E-state index < -0.39 is 24.1 Å². The number of imide groups is 1. The van der Waals surface area contributed by atoms with E-state index in [9.17, 15) is 27.6 Å². The number of nitrogens with one attached hydrogen (secondary N) is 1. The molecule has 3 rings (SSSR count). The second kappa shape index (κ2) is 7.45. The number of anilines is 1. The number of piperidine rings is 1. The Morgan fingerprint density at radius 2 is 1.78 bits per heavy atom. The highest BCUT2D eigenvalue weighted by Gasteiger charge is 2.35. The zero-order chi connectivity index (χ0) is 19.6. The molecule has 2 saturated heterocycles. The fourth-order valence-electron chi connectivity index (χ4n) is 3.15. The van der Waals surface area contributed by atoms with Crippen LogP contribution in [0.25, 0.3) is 0 Å². The Labute approximate surface area is 153 Å². The van der Waals surface area contributed by atoms with Crippen LogP contribution in [-0.2, 0) is 4.79 Å². The summed E-state index contributed by atoms with van der Waals surface area (Å²) in [7, 11) is 0. The van der Waals surface area contributed by atoms with Crippen molar-refractivity contribution in [3.8, 4) is 5.75 Å². The molecule has 146 valence electrons. The number of alkyl halides is 3. The molecule has 4 amide bonds. The topological polar surface area (TPSA) is 79.0 Å². The summed E-state index contributed by atoms with van der Waals surface area (Å²) >= 11 is 0. The van der Waals surface area contributed by atoms with Crippen LogP contribution < -0.4 is 15.0 Å². The number of halogens is 3. The molecule has 1 N–H and O–H groups in total. The first-order valence-electron chi connectivity index (χ1n) is 8.55. The average Bonchev–Trinajstić information content (AvgIpc) is 2.61. The van der Waals surface area contributed by atoms with Gasteiger partial charge in [0.05, 0.1) is 5.69 Å². The van der Waals surface area contributed by atoms with Crippen LogP contribution >= 0.6 is 0 Å². The van der Waals surface area contributed by atoms with Gasteiger partial charge in [0.25, 0.3) is 5.91 Å². The molecule has 2 aliphatic rings. The molecule has 0 atom stereocenters. The van der Waals surface area contributed by atoms with Crippen LogP contribution in [0.3, 0.4) is 0 Å². The maximum Gasteiger partial charge on any atom is 0.573 e. The van der Waals surface area contributed by atoms with Gasteiger partial charge in [-0.05, 0) is 37.5 Å². The van der Waals surface area contributed by atoms with Gasteiger partial charge in [0.2, 0.25) is 5.91 Å². The van der Waals surface area contributed by atoms with Gasteiger partial charge in [-0.15, -0.1) is 13.2 Å². The van der Waals surface area contributed by atoms with Crippen molar-refractivity contribution in [2.24, 2.45) is 0 Å². The third-order valence-corrected chi connectivity index (χ3v) is 4.42. The number of ether oxygens (including phenoxy) is 1. The summed E-state index contributed by atoms with van der Waals surface area (Å²) in [4.78, 5) is 38.6. The monoisotopic (exact) mass is 385 g/mol.